The van der Waals surface area contributed by atoms with Gasteiger partial charge in [0.1, 0.15) is 17.8 Å². The first-order valence-corrected chi connectivity index (χ1v) is 7.48. The third kappa shape index (κ3) is 3.90. The minimum Gasteiger partial charge on any atom is -0.454 e. The molecule has 1 aromatic heterocycles. The third-order valence-electron chi connectivity index (χ3n) is 3.40. The predicted octanol–water partition coefficient (Wildman–Crippen LogP) is 1.19. The molecule has 8 nitrogen and oxygen atoms in total. The summed E-state index contributed by atoms with van der Waals surface area (Å²) in [5.74, 6) is 1.71. The van der Waals surface area contributed by atoms with Crippen molar-refractivity contribution in [3.8, 4) is 11.5 Å². The maximum absolute atomic E-state index is 12.2. The number of nitrogens with one attached hydrogen (secondary N) is 2. The Hall–Kier alpha value is -2.87. The van der Waals surface area contributed by atoms with Crippen LogP contribution in [0.3, 0.4) is 0 Å². The van der Waals surface area contributed by atoms with E-state index in [1.165, 1.54) is 6.33 Å². The number of hydrogen-bond acceptors (Lipinski definition) is 7. The molecular formula is C16H18N4O4. The first kappa shape index (κ1) is 16.0. The van der Waals surface area contributed by atoms with Crippen molar-refractivity contribution < 1.29 is 19.0 Å². The van der Waals surface area contributed by atoms with Gasteiger partial charge in [0.2, 0.25) is 6.79 Å². The molecule has 0 bridgehead atoms. The summed E-state index contributed by atoms with van der Waals surface area (Å²) in [4.78, 5) is 20.3. The maximum atomic E-state index is 12.2. The number of aromatic nitrogens is 2. The van der Waals surface area contributed by atoms with Crippen molar-refractivity contribution in [3.05, 3.63) is 41.9 Å². The summed E-state index contributed by atoms with van der Waals surface area (Å²) in [6, 6.07) is 7.16. The third-order valence-corrected chi connectivity index (χ3v) is 3.40. The van der Waals surface area contributed by atoms with E-state index in [2.05, 4.69) is 20.6 Å². The highest BCUT2D eigenvalue weighted by Crippen LogP contribution is 2.32. The van der Waals surface area contributed by atoms with Crippen molar-refractivity contribution in [2.24, 2.45) is 0 Å². The number of hydrogen-bond donors (Lipinski definition) is 2. The topological polar surface area (TPSA) is 94.6 Å². The highest BCUT2D eigenvalue weighted by atomic mass is 16.7. The van der Waals surface area contributed by atoms with Crippen molar-refractivity contribution >= 4 is 11.7 Å². The SMILES string of the molecule is COCCNc1cc(C(=O)NCc2ccc3c(c2)OCO3)ncn1. The van der Waals surface area contributed by atoms with Crippen molar-refractivity contribution in [1.82, 2.24) is 15.3 Å². The molecule has 0 saturated carbocycles. The Morgan fingerprint density at radius 2 is 2.12 bits per heavy atom. The van der Waals surface area contributed by atoms with Crippen LogP contribution in [-0.4, -0.2) is 42.9 Å². The molecule has 24 heavy (non-hydrogen) atoms. The van der Waals surface area contributed by atoms with Gasteiger partial charge in [-0.2, -0.15) is 0 Å². The van der Waals surface area contributed by atoms with Crippen LogP contribution in [0.2, 0.25) is 0 Å². The van der Waals surface area contributed by atoms with Gasteiger partial charge in [0.05, 0.1) is 6.61 Å². The van der Waals surface area contributed by atoms with E-state index < -0.39 is 0 Å². The number of fused-ring (bicyclic) bond motifs is 1. The molecule has 0 radical (unpaired) electrons. The van der Waals surface area contributed by atoms with Crippen LogP contribution in [0, 0.1) is 0 Å². The Bertz CT molecular complexity index is 723. The molecule has 0 fully saturated rings. The lowest BCUT2D eigenvalue weighted by atomic mass is 10.2. The molecule has 0 unspecified atom stereocenters. The monoisotopic (exact) mass is 330 g/mol. The average Bonchev–Trinajstić information content (AvgIpc) is 3.08. The molecule has 3 rings (SSSR count). The van der Waals surface area contributed by atoms with Crippen molar-refractivity contribution in [2.45, 2.75) is 6.54 Å². The smallest absolute Gasteiger partial charge is 0.270 e. The van der Waals surface area contributed by atoms with Gasteiger partial charge in [-0.1, -0.05) is 6.07 Å². The lowest BCUT2D eigenvalue weighted by Crippen LogP contribution is -2.24. The van der Waals surface area contributed by atoms with Crippen molar-refractivity contribution in [3.63, 3.8) is 0 Å². The van der Waals surface area contributed by atoms with E-state index >= 15 is 0 Å². The summed E-state index contributed by atoms with van der Waals surface area (Å²) >= 11 is 0. The highest BCUT2D eigenvalue weighted by molar-refractivity contribution is 5.92. The first-order chi connectivity index (χ1) is 11.8. The number of ether oxygens (including phenoxy) is 3. The van der Waals surface area contributed by atoms with Gasteiger partial charge in [-0.3, -0.25) is 4.79 Å². The number of carbonyl (C=O) groups is 1. The number of carbonyl (C=O) groups excluding carboxylic acids is 1. The molecule has 1 aliphatic heterocycles. The Kier molecular flexibility index (Phi) is 5.07. The number of anilines is 1. The molecule has 0 aliphatic carbocycles. The molecule has 2 aromatic rings. The average molecular weight is 330 g/mol. The number of amides is 1. The summed E-state index contributed by atoms with van der Waals surface area (Å²) in [5.41, 5.74) is 1.21. The Morgan fingerprint density at radius 1 is 1.25 bits per heavy atom. The molecule has 1 aromatic carbocycles. The van der Waals surface area contributed by atoms with Gasteiger partial charge >= 0.3 is 0 Å². The van der Waals surface area contributed by atoms with E-state index in [-0.39, 0.29) is 12.7 Å². The van der Waals surface area contributed by atoms with E-state index in [0.29, 0.717) is 42.7 Å². The molecule has 2 heterocycles. The zero-order valence-corrected chi connectivity index (χ0v) is 13.2. The molecule has 1 amide bonds. The molecule has 1 aliphatic rings. The Morgan fingerprint density at radius 3 is 3.00 bits per heavy atom. The van der Waals surface area contributed by atoms with Gasteiger partial charge in [-0.15, -0.1) is 0 Å². The van der Waals surface area contributed by atoms with Crippen LogP contribution in [0.15, 0.2) is 30.6 Å². The zero-order chi connectivity index (χ0) is 16.8. The quantitative estimate of drug-likeness (QED) is 0.736. The first-order valence-electron chi connectivity index (χ1n) is 7.48. The number of methoxy groups -OCH3 is 1. The fourth-order valence-corrected chi connectivity index (χ4v) is 2.18. The molecule has 0 saturated heterocycles. The fraction of sp³-hybridized carbons (Fsp3) is 0.312. The number of benzene rings is 1. The van der Waals surface area contributed by atoms with E-state index in [1.54, 1.807) is 13.2 Å². The van der Waals surface area contributed by atoms with E-state index in [0.717, 1.165) is 5.56 Å². The lowest BCUT2D eigenvalue weighted by molar-refractivity contribution is 0.0945. The van der Waals surface area contributed by atoms with E-state index in [9.17, 15) is 4.79 Å². The van der Waals surface area contributed by atoms with Gasteiger partial charge in [-0.05, 0) is 17.7 Å². The second-order valence-corrected chi connectivity index (χ2v) is 5.08. The summed E-state index contributed by atoms with van der Waals surface area (Å²) < 4.78 is 15.5. The summed E-state index contributed by atoms with van der Waals surface area (Å²) in [6.07, 6.45) is 1.35. The molecule has 2 N–H and O–H groups in total. The minimum atomic E-state index is -0.273. The summed E-state index contributed by atoms with van der Waals surface area (Å²) in [6.45, 7) is 1.75. The molecular weight excluding hydrogens is 312 g/mol. The summed E-state index contributed by atoms with van der Waals surface area (Å²) in [5, 5.41) is 5.88. The fourth-order valence-electron chi connectivity index (χ4n) is 2.18. The Labute approximate surface area is 139 Å². The van der Waals surface area contributed by atoms with Crippen LogP contribution in [-0.2, 0) is 11.3 Å². The largest absolute Gasteiger partial charge is 0.454 e. The molecule has 0 spiro atoms. The van der Waals surface area contributed by atoms with Crippen LogP contribution in [0.4, 0.5) is 5.82 Å². The van der Waals surface area contributed by atoms with Crippen LogP contribution in [0.25, 0.3) is 0 Å². The van der Waals surface area contributed by atoms with Gasteiger partial charge in [-0.25, -0.2) is 9.97 Å². The molecule has 0 atom stereocenters. The van der Waals surface area contributed by atoms with Crippen LogP contribution >= 0.6 is 0 Å². The van der Waals surface area contributed by atoms with Gasteiger partial charge in [0.25, 0.3) is 5.91 Å². The summed E-state index contributed by atoms with van der Waals surface area (Å²) in [7, 11) is 1.62. The normalized spacial score (nSPS) is 12.0. The van der Waals surface area contributed by atoms with Crippen LogP contribution < -0.4 is 20.1 Å². The zero-order valence-electron chi connectivity index (χ0n) is 13.2. The van der Waals surface area contributed by atoms with Gasteiger partial charge < -0.3 is 24.8 Å². The standard InChI is InChI=1S/C16H18N4O4/c1-22-5-4-17-15-7-12(19-9-20-15)16(21)18-8-11-2-3-13-14(6-11)24-10-23-13/h2-3,6-7,9H,4-5,8,10H2,1H3,(H,18,21)(H,17,19,20). The predicted molar refractivity (Wildman–Crippen MR) is 86.1 cm³/mol. The van der Waals surface area contributed by atoms with Crippen molar-refractivity contribution in [1.29, 1.82) is 0 Å². The van der Waals surface area contributed by atoms with E-state index in [4.69, 9.17) is 14.2 Å². The minimum absolute atomic E-state index is 0.227. The molecule has 126 valence electrons. The van der Waals surface area contributed by atoms with Crippen LogP contribution in [0.5, 0.6) is 11.5 Å². The number of rotatable bonds is 7. The van der Waals surface area contributed by atoms with E-state index in [1.807, 2.05) is 18.2 Å². The van der Waals surface area contributed by atoms with Gasteiger partial charge in [0.15, 0.2) is 11.5 Å². The van der Waals surface area contributed by atoms with Crippen LogP contribution in [0.1, 0.15) is 16.1 Å². The van der Waals surface area contributed by atoms with Gasteiger partial charge in [0, 0.05) is 26.3 Å². The van der Waals surface area contributed by atoms with Crippen molar-refractivity contribution in [2.75, 3.05) is 32.4 Å². The second-order valence-electron chi connectivity index (χ2n) is 5.08. The highest BCUT2D eigenvalue weighted by Gasteiger charge is 2.14. The Balaban J connectivity index is 1.57. The second kappa shape index (κ2) is 7.60. The lowest BCUT2D eigenvalue weighted by Gasteiger charge is -2.08. The number of nitrogens with zero attached hydrogens (tertiary/aromatic N) is 2. The maximum Gasteiger partial charge on any atom is 0.270 e. The molecule has 8 heteroatoms.